The fraction of sp³-hybridized carbons (Fsp3) is 0.471. The molecule has 3 heteroatoms. The lowest BCUT2D eigenvalue weighted by molar-refractivity contribution is 0.314. The highest BCUT2D eigenvalue weighted by atomic mass is 15.2. The Morgan fingerprint density at radius 2 is 2.05 bits per heavy atom. The normalized spacial score (nSPS) is 19.9. The standard InChI is InChI=1S/C17H23N3/c1-14(2)17-18-9-11-20(17)16-8-10-19(13-16)12-15-6-4-3-5-7-15/h3-7,9,11,14,16H,8,10,12-13H2,1-2H3. The van der Waals surface area contributed by atoms with Crippen LogP contribution in [0.25, 0.3) is 0 Å². The van der Waals surface area contributed by atoms with E-state index in [1.54, 1.807) is 0 Å². The maximum atomic E-state index is 4.51. The third-order valence-corrected chi connectivity index (χ3v) is 4.10. The van der Waals surface area contributed by atoms with Crippen molar-refractivity contribution in [2.45, 2.75) is 38.8 Å². The Morgan fingerprint density at radius 1 is 1.25 bits per heavy atom. The maximum absolute atomic E-state index is 4.51. The van der Waals surface area contributed by atoms with E-state index in [1.807, 2.05) is 6.20 Å². The van der Waals surface area contributed by atoms with Gasteiger partial charge in [0, 0.05) is 44.0 Å². The van der Waals surface area contributed by atoms with Crippen molar-refractivity contribution in [3.8, 4) is 0 Å². The van der Waals surface area contributed by atoms with Gasteiger partial charge in [-0.1, -0.05) is 44.2 Å². The third-order valence-electron chi connectivity index (χ3n) is 4.10. The lowest BCUT2D eigenvalue weighted by atomic mass is 10.2. The first-order valence-electron chi connectivity index (χ1n) is 7.53. The summed E-state index contributed by atoms with van der Waals surface area (Å²) in [5.41, 5.74) is 1.41. The zero-order valence-electron chi connectivity index (χ0n) is 12.4. The van der Waals surface area contributed by atoms with Gasteiger partial charge >= 0.3 is 0 Å². The van der Waals surface area contributed by atoms with Crippen LogP contribution in [0.15, 0.2) is 42.7 Å². The molecular weight excluding hydrogens is 246 g/mol. The smallest absolute Gasteiger partial charge is 0.111 e. The summed E-state index contributed by atoms with van der Waals surface area (Å²) >= 11 is 0. The Hall–Kier alpha value is -1.61. The number of nitrogens with zero attached hydrogens (tertiary/aromatic N) is 3. The molecule has 1 saturated heterocycles. The molecule has 106 valence electrons. The minimum atomic E-state index is 0.494. The van der Waals surface area contributed by atoms with Crippen LogP contribution in [-0.2, 0) is 6.54 Å². The van der Waals surface area contributed by atoms with E-state index < -0.39 is 0 Å². The molecule has 1 aliphatic heterocycles. The van der Waals surface area contributed by atoms with Crippen LogP contribution >= 0.6 is 0 Å². The highest BCUT2D eigenvalue weighted by Crippen LogP contribution is 2.26. The minimum absolute atomic E-state index is 0.494. The second-order valence-electron chi connectivity index (χ2n) is 6.01. The van der Waals surface area contributed by atoms with Crippen molar-refractivity contribution in [2.75, 3.05) is 13.1 Å². The molecule has 2 aromatic rings. The fourth-order valence-corrected chi connectivity index (χ4v) is 3.11. The van der Waals surface area contributed by atoms with Crippen molar-refractivity contribution in [3.05, 3.63) is 54.1 Å². The molecule has 3 nitrogen and oxygen atoms in total. The summed E-state index contributed by atoms with van der Waals surface area (Å²) in [6.07, 6.45) is 5.31. The van der Waals surface area contributed by atoms with Crippen LogP contribution < -0.4 is 0 Å². The summed E-state index contributed by atoms with van der Waals surface area (Å²) < 4.78 is 2.38. The van der Waals surface area contributed by atoms with Crippen LogP contribution in [0.1, 0.15) is 43.6 Å². The number of aromatic nitrogens is 2. The first-order chi connectivity index (χ1) is 9.74. The van der Waals surface area contributed by atoms with E-state index >= 15 is 0 Å². The number of benzene rings is 1. The lowest BCUT2D eigenvalue weighted by Gasteiger charge is -2.19. The molecule has 0 aliphatic carbocycles. The van der Waals surface area contributed by atoms with Gasteiger partial charge in [0.1, 0.15) is 5.82 Å². The van der Waals surface area contributed by atoms with Crippen LogP contribution in [0.4, 0.5) is 0 Å². The number of hydrogen-bond acceptors (Lipinski definition) is 2. The lowest BCUT2D eigenvalue weighted by Crippen LogP contribution is -2.21. The highest BCUT2D eigenvalue weighted by Gasteiger charge is 2.25. The van der Waals surface area contributed by atoms with Gasteiger partial charge in [-0.05, 0) is 12.0 Å². The largest absolute Gasteiger partial charge is 0.330 e. The SMILES string of the molecule is CC(C)c1nccn1C1CCN(Cc2ccccc2)C1. The summed E-state index contributed by atoms with van der Waals surface area (Å²) in [7, 11) is 0. The Labute approximate surface area is 121 Å². The predicted molar refractivity (Wildman–Crippen MR) is 81.7 cm³/mol. The Morgan fingerprint density at radius 3 is 2.80 bits per heavy atom. The molecule has 0 saturated carbocycles. The summed E-state index contributed by atoms with van der Waals surface area (Å²) in [4.78, 5) is 7.06. The van der Waals surface area contributed by atoms with E-state index in [0.717, 1.165) is 13.1 Å². The number of rotatable bonds is 4. The van der Waals surface area contributed by atoms with Crippen LogP contribution in [0, 0.1) is 0 Å². The second kappa shape index (κ2) is 5.80. The van der Waals surface area contributed by atoms with Crippen molar-refractivity contribution in [3.63, 3.8) is 0 Å². The van der Waals surface area contributed by atoms with Gasteiger partial charge in [0.25, 0.3) is 0 Å². The molecule has 0 radical (unpaired) electrons. The van der Waals surface area contributed by atoms with E-state index in [2.05, 4.69) is 64.8 Å². The van der Waals surface area contributed by atoms with E-state index in [1.165, 1.54) is 24.4 Å². The zero-order chi connectivity index (χ0) is 13.9. The second-order valence-corrected chi connectivity index (χ2v) is 6.01. The van der Waals surface area contributed by atoms with E-state index in [9.17, 15) is 0 Å². The molecule has 3 rings (SSSR count). The molecule has 0 N–H and O–H groups in total. The molecule has 1 aromatic heterocycles. The van der Waals surface area contributed by atoms with Crippen LogP contribution in [0.5, 0.6) is 0 Å². The predicted octanol–water partition coefficient (Wildman–Crippen LogP) is 3.45. The first kappa shape index (κ1) is 13.4. The average Bonchev–Trinajstić information content (AvgIpc) is 3.07. The number of hydrogen-bond donors (Lipinski definition) is 0. The summed E-state index contributed by atoms with van der Waals surface area (Å²) in [5.74, 6) is 1.71. The van der Waals surface area contributed by atoms with Gasteiger partial charge < -0.3 is 4.57 Å². The Kier molecular flexibility index (Phi) is 3.88. The monoisotopic (exact) mass is 269 g/mol. The van der Waals surface area contributed by atoms with E-state index in [-0.39, 0.29) is 0 Å². The molecular formula is C17H23N3. The van der Waals surface area contributed by atoms with Crippen molar-refractivity contribution < 1.29 is 0 Å². The highest BCUT2D eigenvalue weighted by molar-refractivity contribution is 5.14. The molecule has 0 spiro atoms. The fourth-order valence-electron chi connectivity index (χ4n) is 3.11. The molecule has 2 heterocycles. The van der Waals surface area contributed by atoms with E-state index in [4.69, 9.17) is 0 Å². The average molecular weight is 269 g/mol. The minimum Gasteiger partial charge on any atom is -0.330 e. The molecule has 1 unspecified atom stereocenters. The van der Waals surface area contributed by atoms with Crippen molar-refractivity contribution >= 4 is 0 Å². The van der Waals surface area contributed by atoms with Crippen molar-refractivity contribution in [1.29, 1.82) is 0 Å². The van der Waals surface area contributed by atoms with Gasteiger partial charge in [-0.3, -0.25) is 4.90 Å². The maximum Gasteiger partial charge on any atom is 0.111 e. The van der Waals surface area contributed by atoms with Crippen molar-refractivity contribution in [1.82, 2.24) is 14.5 Å². The van der Waals surface area contributed by atoms with Gasteiger partial charge in [0.2, 0.25) is 0 Å². The summed E-state index contributed by atoms with van der Waals surface area (Å²) in [6, 6.07) is 11.3. The van der Waals surface area contributed by atoms with Crippen LogP contribution in [0.2, 0.25) is 0 Å². The van der Waals surface area contributed by atoms with Gasteiger partial charge in [0.15, 0.2) is 0 Å². The topological polar surface area (TPSA) is 21.1 Å². The molecule has 1 aliphatic rings. The molecule has 0 amide bonds. The first-order valence-corrected chi connectivity index (χ1v) is 7.53. The van der Waals surface area contributed by atoms with Crippen molar-refractivity contribution in [2.24, 2.45) is 0 Å². The third kappa shape index (κ3) is 2.78. The molecule has 1 atom stereocenters. The number of likely N-dealkylation sites (tertiary alicyclic amines) is 1. The Bertz CT molecular complexity index is 544. The van der Waals surface area contributed by atoms with Gasteiger partial charge in [-0.15, -0.1) is 0 Å². The zero-order valence-corrected chi connectivity index (χ0v) is 12.4. The van der Waals surface area contributed by atoms with Crippen LogP contribution in [-0.4, -0.2) is 27.5 Å². The summed E-state index contributed by atoms with van der Waals surface area (Å²) in [6.45, 7) is 7.80. The number of imidazole rings is 1. The van der Waals surface area contributed by atoms with Crippen LogP contribution in [0.3, 0.4) is 0 Å². The van der Waals surface area contributed by atoms with Gasteiger partial charge in [-0.2, -0.15) is 0 Å². The molecule has 1 fully saturated rings. The summed E-state index contributed by atoms with van der Waals surface area (Å²) in [5, 5.41) is 0. The molecule has 1 aromatic carbocycles. The molecule has 0 bridgehead atoms. The quantitative estimate of drug-likeness (QED) is 0.847. The van der Waals surface area contributed by atoms with Gasteiger partial charge in [0.05, 0.1) is 0 Å². The van der Waals surface area contributed by atoms with Gasteiger partial charge in [-0.25, -0.2) is 4.98 Å². The van der Waals surface area contributed by atoms with E-state index in [0.29, 0.717) is 12.0 Å². The molecule has 20 heavy (non-hydrogen) atoms. The Balaban J connectivity index is 1.66.